The first-order chi connectivity index (χ1) is 10.0. The molecule has 0 bridgehead atoms. The van der Waals surface area contributed by atoms with Crippen LogP contribution in [0.4, 0.5) is 0 Å². The Kier molecular flexibility index (Phi) is 5.80. The molecule has 1 N–H and O–H groups in total. The van der Waals surface area contributed by atoms with E-state index in [-0.39, 0.29) is 5.92 Å². The highest BCUT2D eigenvalue weighted by molar-refractivity contribution is 5.70. The molecule has 1 aromatic carbocycles. The maximum absolute atomic E-state index is 10.9. The Bertz CT molecular complexity index is 445. The lowest BCUT2D eigenvalue weighted by Gasteiger charge is -2.29. The molecule has 2 rings (SSSR count). The normalized spacial score (nSPS) is 17.3. The summed E-state index contributed by atoms with van der Waals surface area (Å²) >= 11 is 0. The van der Waals surface area contributed by atoms with Crippen LogP contribution in [0.5, 0.6) is 0 Å². The summed E-state index contributed by atoms with van der Waals surface area (Å²) < 4.78 is 0. The van der Waals surface area contributed by atoms with Crippen LogP contribution in [0, 0.1) is 11.8 Å². The molecule has 21 heavy (non-hydrogen) atoms. The fraction of sp³-hybridized carbons (Fsp3) is 0.611. The van der Waals surface area contributed by atoms with Crippen LogP contribution in [-0.4, -0.2) is 35.6 Å². The van der Waals surface area contributed by atoms with Crippen molar-refractivity contribution in [3.8, 4) is 0 Å². The Labute approximate surface area is 128 Å². The third-order valence-corrected chi connectivity index (χ3v) is 4.32. The van der Waals surface area contributed by atoms with Crippen molar-refractivity contribution in [2.45, 2.75) is 39.5 Å². The predicted molar refractivity (Wildman–Crippen MR) is 85.5 cm³/mol. The first-order valence-corrected chi connectivity index (χ1v) is 8.07. The number of benzene rings is 1. The summed E-state index contributed by atoms with van der Waals surface area (Å²) in [6.45, 7) is 7.37. The van der Waals surface area contributed by atoms with Crippen molar-refractivity contribution >= 4 is 5.97 Å². The number of carboxylic acid groups (broad SMARTS) is 1. The maximum atomic E-state index is 10.9. The maximum Gasteiger partial charge on any atom is 0.306 e. The number of hydrogen-bond donors (Lipinski definition) is 1. The number of carboxylic acids is 1. The average molecular weight is 289 g/mol. The van der Waals surface area contributed by atoms with E-state index in [0.29, 0.717) is 5.92 Å². The van der Waals surface area contributed by atoms with Gasteiger partial charge in [-0.25, -0.2) is 0 Å². The fourth-order valence-electron chi connectivity index (χ4n) is 3.00. The molecule has 0 radical (unpaired) electrons. The zero-order valence-corrected chi connectivity index (χ0v) is 13.2. The Morgan fingerprint density at radius 2 is 1.76 bits per heavy atom. The van der Waals surface area contributed by atoms with Crippen molar-refractivity contribution in [2.24, 2.45) is 11.8 Å². The molecule has 1 aliphatic heterocycles. The van der Waals surface area contributed by atoms with E-state index in [0.717, 1.165) is 45.3 Å². The molecule has 0 aromatic heterocycles. The van der Waals surface area contributed by atoms with Crippen LogP contribution < -0.4 is 0 Å². The van der Waals surface area contributed by atoms with E-state index >= 15 is 0 Å². The van der Waals surface area contributed by atoms with Gasteiger partial charge < -0.3 is 10.0 Å². The molecule has 0 amide bonds. The Morgan fingerprint density at radius 3 is 2.29 bits per heavy atom. The minimum Gasteiger partial charge on any atom is -0.481 e. The van der Waals surface area contributed by atoms with Gasteiger partial charge in [0.1, 0.15) is 0 Å². The summed E-state index contributed by atoms with van der Waals surface area (Å²) in [5.74, 6) is -0.0571. The number of nitrogens with zero attached hydrogens (tertiary/aromatic N) is 1. The highest BCUT2D eigenvalue weighted by Gasteiger charge is 2.23. The quantitative estimate of drug-likeness (QED) is 0.874. The molecule has 1 fully saturated rings. The zero-order valence-electron chi connectivity index (χ0n) is 13.2. The second kappa shape index (κ2) is 7.60. The van der Waals surface area contributed by atoms with Gasteiger partial charge in [0.05, 0.1) is 5.92 Å². The second-order valence-corrected chi connectivity index (χ2v) is 6.62. The second-order valence-electron chi connectivity index (χ2n) is 6.62. The van der Waals surface area contributed by atoms with Crippen molar-refractivity contribution in [1.29, 1.82) is 0 Å². The molecule has 1 heterocycles. The molecule has 0 aliphatic carbocycles. The number of carbonyl (C=O) groups is 1. The van der Waals surface area contributed by atoms with Crippen LogP contribution >= 0.6 is 0 Å². The van der Waals surface area contributed by atoms with Crippen LogP contribution in [0.25, 0.3) is 0 Å². The van der Waals surface area contributed by atoms with Crippen LogP contribution in [0.3, 0.4) is 0 Å². The Hall–Kier alpha value is -1.35. The fourth-order valence-corrected chi connectivity index (χ4v) is 3.00. The van der Waals surface area contributed by atoms with Gasteiger partial charge in [-0.1, -0.05) is 38.1 Å². The molecule has 116 valence electrons. The van der Waals surface area contributed by atoms with Crippen molar-refractivity contribution in [3.05, 3.63) is 35.4 Å². The molecule has 1 aliphatic rings. The van der Waals surface area contributed by atoms with Gasteiger partial charge in [-0.05, 0) is 55.8 Å². The van der Waals surface area contributed by atoms with Gasteiger partial charge >= 0.3 is 5.97 Å². The third kappa shape index (κ3) is 5.16. The Balaban J connectivity index is 1.75. The van der Waals surface area contributed by atoms with Crippen molar-refractivity contribution in [2.75, 3.05) is 19.6 Å². The van der Waals surface area contributed by atoms with Crippen LogP contribution in [0.1, 0.15) is 37.8 Å². The van der Waals surface area contributed by atoms with E-state index in [1.165, 1.54) is 11.1 Å². The molecular formula is C18H27NO2. The number of hydrogen-bond acceptors (Lipinski definition) is 2. The van der Waals surface area contributed by atoms with Gasteiger partial charge in [-0.3, -0.25) is 4.79 Å². The van der Waals surface area contributed by atoms with Gasteiger partial charge in [-0.2, -0.15) is 0 Å². The van der Waals surface area contributed by atoms with Crippen molar-refractivity contribution in [3.63, 3.8) is 0 Å². The van der Waals surface area contributed by atoms with Gasteiger partial charge in [0.25, 0.3) is 0 Å². The lowest BCUT2D eigenvalue weighted by atomic mass is 9.96. The van der Waals surface area contributed by atoms with Gasteiger partial charge in [-0.15, -0.1) is 0 Å². The monoisotopic (exact) mass is 289 g/mol. The first kappa shape index (κ1) is 16.0. The van der Waals surface area contributed by atoms with Crippen LogP contribution in [-0.2, 0) is 17.6 Å². The molecule has 0 unspecified atom stereocenters. The molecular weight excluding hydrogens is 262 g/mol. The summed E-state index contributed by atoms with van der Waals surface area (Å²) in [5.41, 5.74) is 2.79. The van der Waals surface area contributed by atoms with E-state index in [1.807, 2.05) is 0 Å². The van der Waals surface area contributed by atoms with E-state index in [2.05, 4.69) is 43.0 Å². The Morgan fingerprint density at radius 1 is 1.19 bits per heavy atom. The lowest BCUT2D eigenvalue weighted by Crippen LogP contribution is -2.37. The van der Waals surface area contributed by atoms with E-state index in [9.17, 15) is 4.79 Å². The standard InChI is InChI=1S/C18H27NO2/c1-14(2)13-16-5-3-15(4-6-16)7-10-19-11-8-17(9-12-19)18(20)21/h3-6,14,17H,7-13H2,1-2H3,(H,20,21). The first-order valence-electron chi connectivity index (χ1n) is 8.07. The van der Waals surface area contributed by atoms with Gasteiger partial charge in [0.2, 0.25) is 0 Å². The van der Waals surface area contributed by atoms with Gasteiger partial charge in [0.15, 0.2) is 0 Å². The van der Waals surface area contributed by atoms with Crippen LogP contribution in [0.2, 0.25) is 0 Å². The summed E-state index contributed by atoms with van der Waals surface area (Å²) in [4.78, 5) is 13.3. The number of likely N-dealkylation sites (tertiary alicyclic amines) is 1. The predicted octanol–water partition coefficient (Wildman–Crippen LogP) is 3.22. The zero-order chi connectivity index (χ0) is 15.2. The molecule has 0 atom stereocenters. The number of aliphatic carboxylic acids is 1. The average Bonchev–Trinajstić information content (AvgIpc) is 2.46. The smallest absolute Gasteiger partial charge is 0.306 e. The number of piperidine rings is 1. The molecule has 1 aromatic rings. The summed E-state index contributed by atoms with van der Waals surface area (Å²) in [5, 5.41) is 9.00. The largest absolute Gasteiger partial charge is 0.481 e. The van der Waals surface area contributed by atoms with E-state index in [1.54, 1.807) is 0 Å². The van der Waals surface area contributed by atoms with E-state index < -0.39 is 5.97 Å². The minimum absolute atomic E-state index is 0.128. The third-order valence-electron chi connectivity index (χ3n) is 4.32. The minimum atomic E-state index is -0.629. The van der Waals surface area contributed by atoms with Crippen LogP contribution in [0.15, 0.2) is 24.3 Å². The molecule has 0 spiro atoms. The molecule has 1 saturated heterocycles. The van der Waals surface area contributed by atoms with Crippen molar-refractivity contribution < 1.29 is 9.90 Å². The van der Waals surface area contributed by atoms with Gasteiger partial charge in [0, 0.05) is 6.54 Å². The summed E-state index contributed by atoms with van der Waals surface area (Å²) in [6.07, 6.45) is 3.79. The summed E-state index contributed by atoms with van der Waals surface area (Å²) in [7, 11) is 0. The highest BCUT2D eigenvalue weighted by Crippen LogP contribution is 2.18. The van der Waals surface area contributed by atoms with Crippen molar-refractivity contribution in [1.82, 2.24) is 4.90 Å². The summed E-state index contributed by atoms with van der Waals surface area (Å²) in [6, 6.07) is 8.96. The topological polar surface area (TPSA) is 40.5 Å². The van der Waals surface area contributed by atoms with E-state index in [4.69, 9.17) is 5.11 Å². The highest BCUT2D eigenvalue weighted by atomic mass is 16.4. The lowest BCUT2D eigenvalue weighted by molar-refractivity contribution is -0.143. The molecule has 3 nitrogen and oxygen atoms in total. The SMILES string of the molecule is CC(C)Cc1ccc(CCN2CCC(C(=O)O)CC2)cc1. The molecule has 3 heteroatoms. The number of rotatable bonds is 6. The molecule has 0 saturated carbocycles.